The molecule has 0 fully saturated rings. The number of H-pyrrole nitrogens is 1. The van der Waals surface area contributed by atoms with Crippen molar-refractivity contribution in [2.75, 3.05) is 0 Å². The summed E-state index contributed by atoms with van der Waals surface area (Å²) in [5.41, 5.74) is 4.48. The van der Waals surface area contributed by atoms with E-state index in [0.717, 1.165) is 29.8 Å². The standard InChI is InChI=1S/C14H16N2S/c1-3-5-11-6-4-7-12(9-11)13-8-10(2)15-14(17)16-13/h4,6-9H,3,5H2,1-2H3,(H,15,16,17). The van der Waals surface area contributed by atoms with Crippen LogP contribution in [0.15, 0.2) is 30.3 Å². The summed E-state index contributed by atoms with van der Waals surface area (Å²) < 4.78 is 0.542. The van der Waals surface area contributed by atoms with Crippen molar-refractivity contribution in [2.24, 2.45) is 0 Å². The van der Waals surface area contributed by atoms with Crippen LogP contribution >= 0.6 is 12.2 Å². The molecule has 2 nitrogen and oxygen atoms in total. The summed E-state index contributed by atoms with van der Waals surface area (Å²) in [5.74, 6) is 0. The predicted octanol–water partition coefficient (Wildman–Crippen LogP) is 4.07. The van der Waals surface area contributed by atoms with Crippen molar-refractivity contribution in [3.63, 3.8) is 0 Å². The maximum atomic E-state index is 5.10. The first-order valence-corrected chi connectivity index (χ1v) is 6.27. The Kier molecular flexibility index (Phi) is 3.69. The van der Waals surface area contributed by atoms with E-state index in [9.17, 15) is 0 Å². The van der Waals surface area contributed by atoms with Crippen LogP contribution in [0.5, 0.6) is 0 Å². The van der Waals surface area contributed by atoms with E-state index >= 15 is 0 Å². The van der Waals surface area contributed by atoms with Gasteiger partial charge in [-0.2, -0.15) is 0 Å². The number of hydrogen-bond donors (Lipinski definition) is 1. The number of rotatable bonds is 3. The Morgan fingerprint density at radius 1 is 1.29 bits per heavy atom. The van der Waals surface area contributed by atoms with Crippen LogP contribution in [0.25, 0.3) is 11.3 Å². The molecule has 1 N–H and O–H groups in total. The van der Waals surface area contributed by atoms with Gasteiger partial charge < -0.3 is 4.98 Å². The molecule has 1 aromatic carbocycles. The van der Waals surface area contributed by atoms with Crippen molar-refractivity contribution in [3.05, 3.63) is 46.4 Å². The molecular weight excluding hydrogens is 228 g/mol. The van der Waals surface area contributed by atoms with E-state index in [0.29, 0.717) is 4.77 Å². The zero-order valence-electron chi connectivity index (χ0n) is 10.2. The van der Waals surface area contributed by atoms with E-state index in [2.05, 4.69) is 41.2 Å². The van der Waals surface area contributed by atoms with E-state index in [1.165, 1.54) is 5.56 Å². The largest absolute Gasteiger partial charge is 0.335 e. The van der Waals surface area contributed by atoms with Crippen molar-refractivity contribution in [1.29, 1.82) is 0 Å². The summed E-state index contributed by atoms with van der Waals surface area (Å²) in [4.78, 5) is 7.39. The molecule has 0 radical (unpaired) electrons. The summed E-state index contributed by atoms with van der Waals surface area (Å²) in [6.45, 7) is 4.19. The molecule has 0 bridgehead atoms. The van der Waals surface area contributed by atoms with Gasteiger partial charge in [0.15, 0.2) is 4.77 Å². The lowest BCUT2D eigenvalue weighted by molar-refractivity contribution is 0.922. The van der Waals surface area contributed by atoms with E-state index in [1.807, 2.05) is 13.0 Å². The molecule has 0 aliphatic rings. The quantitative estimate of drug-likeness (QED) is 0.825. The lowest BCUT2D eigenvalue weighted by atomic mass is 10.0. The fourth-order valence-corrected chi connectivity index (χ4v) is 2.16. The monoisotopic (exact) mass is 244 g/mol. The highest BCUT2D eigenvalue weighted by atomic mass is 32.1. The van der Waals surface area contributed by atoms with E-state index in [-0.39, 0.29) is 0 Å². The number of hydrogen-bond acceptors (Lipinski definition) is 2. The Labute approximate surface area is 107 Å². The molecule has 0 saturated carbocycles. The maximum absolute atomic E-state index is 5.10. The molecule has 0 unspecified atom stereocenters. The molecule has 0 spiro atoms. The van der Waals surface area contributed by atoms with Gasteiger partial charge >= 0.3 is 0 Å². The fourth-order valence-electron chi connectivity index (χ4n) is 1.90. The minimum absolute atomic E-state index is 0.542. The van der Waals surface area contributed by atoms with E-state index < -0.39 is 0 Å². The van der Waals surface area contributed by atoms with Gasteiger partial charge in [0.05, 0.1) is 5.69 Å². The van der Waals surface area contributed by atoms with Gasteiger partial charge in [0.1, 0.15) is 0 Å². The van der Waals surface area contributed by atoms with Crippen LogP contribution < -0.4 is 0 Å². The van der Waals surface area contributed by atoms with Crippen LogP contribution in [0.3, 0.4) is 0 Å². The number of aryl methyl sites for hydroxylation is 2. The minimum Gasteiger partial charge on any atom is -0.335 e. The number of aromatic nitrogens is 2. The van der Waals surface area contributed by atoms with Crippen molar-refractivity contribution in [1.82, 2.24) is 9.97 Å². The number of nitrogens with zero attached hydrogens (tertiary/aromatic N) is 1. The first kappa shape index (κ1) is 12.0. The van der Waals surface area contributed by atoms with Crippen molar-refractivity contribution < 1.29 is 0 Å². The molecule has 0 atom stereocenters. The van der Waals surface area contributed by atoms with Gasteiger partial charge in [0, 0.05) is 11.3 Å². The predicted molar refractivity (Wildman–Crippen MR) is 73.6 cm³/mol. The molecule has 0 amide bonds. The maximum Gasteiger partial charge on any atom is 0.197 e. The molecule has 17 heavy (non-hydrogen) atoms. The van der Waals surface area contributed by atoms with Crippen molar-refractivity contribution in [2.45, 2.75) is 26.7 Å². The molecule has 1 heterocycles. The lowest BCUT2D eigenvalue weighted by Crippen LogP contribution is -1.91. The van der Waals surface area contributed by atoms with Gasteiger partial charge in [-0.3, -0.25) is 0 Å². The van der Waals surface area contributed by atoms with Crippen LogP contribution in [-0.2, 0) is 6.42 Å². The normalized spacial score (nSPS) is 10.5. The third-order valence-corrected chi connectivity index (χ3v) is 2.83. The second kappa shape index (κ2) is 5.23. The van der Waals surface area contributed by atoms with Gasteiger partial charge in [-0.15, -0.1) is 0 Å². The molecule has 0 aliphatic heterocycles. The summed E-state index contributed by atoms with van der Waals surface area (Å²) in [5, 5.41) is 0. The Balaban J connectivity index is 2.45. The lowest BCUT2D eigenvalue weighted by Gasteiger charge is -2.05. The first-order valence-electron chi connectivity index (χ1n) is 5.86. The summed E-state index contributed by atoms with van der Waals surface area (Å²) in [6.07, 6.45) is 2.26. The molecule has 3 heteroatoms. The second-order valence-corrected chi connectivity index (χ2v) is 4.59. The first-order chi connectivity index (χ1) is 8.19. The molecule has 1 aromatic heterocycles. The smallest absolute Gasteiger partial charge is 0.197 e. The van der Waals surface area contributed by atoms with Gasteiger partial charge in [0.2, 0.25) is 0 Å². The molecule has 88 valence electrons. The van der Waals surface area contributed by atoms with Gasteiger partial charge in [0.25, 0.3) is 0 Å². The van der Waals surface area contributed by atoms with Gasteiger partial charge in [-0.25, -0.2) is 4.98 Å². The molecule has 2 rings (SSSR count). The number of aromatic amines is 1. The Morgan fingerprint density at radius 2 is 2.12 bits per heavy atom. The topological polar surface area (TPSA) is 28.7 Å². The third-order valence-electron chi connectivity index (χ3n) is 2.64. The summed E-state index contributed by atoms with van der Waals surface area (Å²) in [7, 11) is 0. The van der Waals surface area contributed by atoms with Crippen LogP contribution in [0.2, 0.25) is 0 Å². The Hall–Kier alpha value is -1.48. The summed E-state index contributed by atoms with van der Waals surface area (Å²) >= 11 is 5.10. The minimum atomic E-state index is 0.542. The fraction of sp³-hybridized carbons (Fsp3) is 0.286. The number of nitrogens with one attached hydrogen (secondary N) is 1. The average Bonchev–Trinajstić information content (AvgIpc) is 2.28. The second-order valence-electron chi connectivity index (χ2n) is 4.20. The van der Waals surface area contributed by atoms with E-state index in [4.69, 9.17) is 12.2 Å². The third kappa shape index (κ3) is 3.01. The Morgan fingerprint density at radius 3 is 2.82 bits per heavy atom. The van der Waals surface area contributed by atoms with Crippen LogP contribution in [0.1, 0.15) is 24.6 Å². The highest BCUT2D eigenvalue weighted by molar-refractivity contribution is 7.71. The van der Waals surface area contributed by atoms with E-state index in [1.54, 1.807) is 0 Å². The van der Waals surface area contributed by atoms with Crippen molar-refractivity contribution >= 4 is 12.2 Å². The zero-order chi connectivity index (χ0) is 12.3. The zero-order valence-corrected chi connectivity index (χ0v) is 11.0. The van der Waals surface area contributed by atoms with Crippen LogP contribution in [0, 0.1) is 11.7 Å². The highest BCUT2D eigenvalue weighted by Crippen LogP contribution is 2.19. The highest BCUT2D eigenvalue weighted by Gasteiger charge is 2.01. The average molecular weight is 244 g/mol. The van der Waals surface area contributed by atoms with Crippen molar-refractivity contribution in [3.8, 4) is 11.3 Å². The molecular formula is C14H16N2S. The summed E-state index contributed by atoms with van der Waals surface area (Å²) in [6, 6.07) is 10.5. The SMILES string of the molecule is CCCc1cccc(-c2cc(C)[nH]c(=S)n2)c1. The molecule has 2 aromatic rings. The van der Waals surface area contributed by atoms with Gasteiger partial charge in [-0.1, -0.05) is 31.5 Å². The van der Waals surface area contributed by atoms with Crippen LogP contribution in [0.4, 0.5) is 0 Å². The Bertz CT molecular complexity index is 572. The molecule has 0 aliphatic carbocycles. The molecule has 0 saturated heterocycles. The van der Waals surface area contributed by atoms with Gasteiger partial charge in [-0.05, 0) is 43.3 Å². The number of benzene rings is 1. The van der Waals surface area contributed by atoms with Crippen LogP contribution in [-0.4, -0.2) is 9.97 Å².